The molecular weight excluding hydrogens is 268 g/mol. The van der Waals surface area contributed by atoms with Crippen molar-refractivity contribution in [1.29, 1.82) is 0 Å². The predicted molar refractivity (Wildman–Crippen MR) is 82.1 cm³/mol. The molecule has 21 heavy (non-hydrogen) atoms. The normalized spacial score (nSPS) is 40.6. The number of fused-ring (bicyclic) bond motifs is 2. The zero-order valence-electron chi connectivity index (χ0n) is 13.6. The molecule has 2 aliphatic rings. The Bertz CT molecular complexity index is 390. The van der Waals surface area contributed by atoms with Gasteiger partial charge in [-0.15, -0.1) is 10.1 Å². The Balaban J connectivity index is 2.30. The van der Waals surface area contributed by atoms with E-state index in [1.165, 1.54) is 6.42 Å². The second-order valence-electron chi connectivity index (χ2n) is 7.77. The molecule has 2 bridgehead atoms. The van der Waals surface area contributed by atoms with Crippen molar-refractivity contribution >= 4 is 0 Å². The maximum Gasteiger partial charge on any atom is 0.294 e. The van der Waals surface area contributed by atoms with Gasteiger partial charge in [0, 0.05) is 0 Å². The molecule has 0 radical (unpaired) electrons. The number of rotatable bonds is 6. The van der Waals surface area contributed by atoms with Gasteiger partial charge in [-0.05, 0) is 67.7 Å². The van der Waals surface area contributed by atoms with Crippen LogP contribution in [0, 0.1) is 32.8 Å². The van der Waals surface area contributed by atoms with Crippen LogP contribution in [0.15, 0.2) is 0 Å². The van der Waals surface area contributed by atoms with Crippen molar-refractivity contribution in [1.82, 2.24) is 0 Å². The summed E-state index contributed by atoms with van der Waals surface area (Å²) in [5, 5.41) is 10.3. The zero-order valence-corrected chi connectivity index (χ0v) is 13.6. The standard InChI is InChI=1S/C16H30N2O3/c1-4-12-6-13-7-15(3,11-17)10-16(8-12,9-13)14(5-2)21-18(19)20/h12-14H,4-11,17H2,1-3H3. The van der Waals surface area contributed by atoms with Crippen LogP contribution in [0.4, 0.5) is 0 Å². The molecule has 2 fully saturated rings. The highest BCUT2D eigenvalue weighted by Gasteiger charge is 2.53. The zero-order chi connectivity index (χ0) is 15.7. The van der Waals surface area contributed by atoms with Gasteiger partial charge in [0.25, 0.3) is 5.09 Å². The summed E-state index contributed by atoms with van der Waals surface area (Å²) in [7, 11) is 0. The van der Waals surface area contributed by atoms with Crippen LogP contribution in [0.25, 0.3) is 0 Å². The molecule has 5 heteroatoms. The van der Waals surface area contributed by atoms with E-state index in [-0.39, 0.29) is 16.9 Å². The van der Waals surface area contributed by atoms with Gasteiger partial charge in [0.05, 0.1) is 0 Å². The Hall–Kier alpha value is -0.840. The summed E-state index contributed by atoms with van der Waals surface area (Å²) in [6.07, 6.45) is 7.09. The predicted octanol–water partition coefficient (Wildman–Crippen LogP) is 3.54. The van der Waals surface area contributed by atoms with E-state index in [4.69, 9.17) is 10.6 Å². The fourth-order valence-corrected chi connectivity index (χ4v) is 5.36. The van der Waals surface area contributed by atoms with E-state index in [1.54, 1.807) is 0 Å². The van der Waals surface area contributed by atoms with Crippen molar-refractivity contribution < 1.29 is 9.92 Å². The molecule has 0 aromatic carbocycles. The molecule has 2 rings (SSSR count). The lowest BCUT2D eigenvalue weighted by Gasteiger charge is -2.56. The van der Waals surface area contributed by atoms with Crippen LogP contribution >= 0.6 is 0 Å². The molecule has 2 N–H and O–H groups in total. The summed E-state index contributed by atoms with van der Waals surface area (Å²) in [4.78, 5) is 16.0. The lowest BCUT2D eigenvalue weighted by molar-refractivity contribution is -0.773. The third-order valence-corrected chi connectivity index (χ3v) is 5.95. The largest absolute Gasteiger partial charge is 0.330 e. The van der Waals surface area contributed by atoms with Gasteiger partial charge in [0.2, 0.25) is 0 Å². The van der Waals surface area contributed by atoms with Gasteiger partial charge >= 0.3 is 0 Å². The van der Waals surface area contributed by atoms with E-state index < -0.39 is 5.09 Å². The molecule has 5 unspecified atom stereocenters. The Morgan fingerprint density at radius 3 is 2.62 bits per heavy atom. The van der Waals surface area contributed by atoms with Crippen molar-refractivity contribution in [2.75, 3.05) is 6.54 Å². The Labute approximate surface area is 127 Å². The lowest BCUT2D eigenvalue weighted by Crippen LogP contribution is -2.53. The van der Waals surface area contributed by atoms with Crippen LogP contribution in [0.2, 0.25) is 0 Å². The number of nitrogens with zero attached hydrogens (tertiary/aromatic N) is 1. The van der Waals surface area contributed by atoms with E-state index in [2.05, 4.69) is 13.8 Å². The molecule has 0 aliphatic heterocycles. The second kappa shape index (κ2) is 6.11. The Morgan fingerprint density at radius 2 is 2.10 bits per heavy atom. The van der Waals surface area contributed by atoms with Gasteiger partial charge in [0.15, 0.2) is 0 Å². The van der Waals surface area contributed by atoms with Crippen LogP contribution in [0.3, 0.4) is 0 Å². The SMILES string of the molecule is CCC1CC2CC(C)(CN)CC(C(CC)O[N+](=O)[O-])(C1)C2. The Kier molecular flexibility index (Phi) is 4.81. The molecule has 122 valence electrons. The quantitative estimate of drug-likeness (QED) is 0.601. The van der Waals surface area contributed by atoms with Gasteiger partial charge in [-0.1, -0.05) is 27.2 Å². The minimum absolute atomic E-state index is 0.0578. The van der Waals surface area contributed by atoms with Gasteiger partial charge < -0.3 is 10.6 Å². The lowest BCUT2D eigenvalue weighted by atomic mass is 9.50. The van der Waals surface area contributed by atoms with E-state index in [0.29, 0.717) is 24.8 Å². The van der Waals surface area contributed by atoms with Crippen molar-refractivity contribution in [3.63, 3.8) is 0 Å². The summed E-state index contributed by atoms with van der Waals surface area (Å²) in [5.74, 6) is 1.32. The van der Waals surface area contributed by atoms with Crippen molar-refractivity contribution in [2.45, 2.75) is 71.8 Å². The molecule has 5 nitrogen and oxygen atoms in total. The first-order chi connectivity index (χ1) is 9.86. The number of nitrogens with two attached hydrogens (primary N) is 1. The minimum atomic E-state index is -0.595. The van der Waals surface area contributed by atoms with Crippen LogP contribution in [0.5, 0.6) is 0 Å². The van der Waals surface area contributed by atoms with Crippen LogP contribution in [-0.2, 0) is 4.84 Å². The monoisotopic (exact) mass is 298 g/mol. The van der Waals surface area contributed by atoms with E-state index in [1.807, 2.05) is 6.92 Å². The van der Waals surface area contributed by atoms with E-state index >= 15 is 0 Å². The van der Waals surface area contributed by atoms with Crippen molar-refractivity contribution in [3.8, 4) is 0 Å². The van der Waals surface area contributed by atoms with Crippen LogP contribution in [-0.4, -0.2) is 17.7 Å². The first kappa shape index (κ1) is 16.5. The number of hydrogen-bond donors (Lipinski definition) is 1. The topological polar surface area (TPSA) is 78.4 Å². The Morgan fingerprint density at radius 1 is 1.38 bits per heavy atom. The third-order valence-electron chi connectivity index (χ3n) is 5.95. The molecule has 2 aliphatic carbocycles. The molecule has 0 aromatic rings. The molecule has 0 saturated heterocycles. The molecular formula is C16H30N2O3. The van der Waals surface area contributed by atoms with Gasteiger partial charge in [-0.25, -0.2) is 0 Å². The first-order valence-electron chi connectivity index (χ1n) is 8.37. The highest BCUT2D eigenvalue weighted by Crippen LogP contribution is 2.59. The summed E-state index contributed by atoms with van der Waals surface area (Å²) in [5.41, 5.74) is 6.08. The fraction of sp³-hybridized carbons (Fsp3) is 1.00. The fourth-order valence-electron chi connectivity index (χ4n) is 5.36. The summed E-state index contributed by atoms with van der Waals surface area (Å²) >= 11 is 0. The summed E-state index contributed by atoms with van der Waals surface area (Å²) in [6, 6.07) is 0. The van der Waals surface area contributed by atoms with Gasteiger partial charge in [-0.3, -0.25) is 0 Å². The summed E-state index contributed by atoms with van der Waals surface area (Å²) in [6.45, 7) is 7.15. The van der Waals surface area contributed by atoms with Crippen molar-refractivity contribution in [2.24, 2.45) is 28.4 Å². The maximum atomic E-state index is 10.9. The highest BCUT2D eigenvalue weighted by molar-refractivity contribution is 5.03. The van der Waals surface area contributed by atoms with Crippen LogP contribution in [0.1, 0.15) is 65.7 Å². The average Bonchev–Trinajstić information content (AvgIpc) is 2.43. The van der Waals surface area contributed by atoms with Crippen molar-refractivity contribution in [3.05, 3.63) is 10.1 Å². The first-order valence-corrected chi connectivity index (χ1v) is 8.37. The van der Waals surface area contributed by atoms with Gasteiger partial charge in [-0.2, -0.15) is 0 Å². The average molecular weight is 298 g/mol. The molecule has 0 spiro atoms. The molecule has 0 aromatic heterocycles. The maximum absolute atomic E-state index is 10.9. The molecule has 0 amide bonds. The van der Waals surface area contributed by atoms with E-state index in [0.717, 1.165) is 32.1 Å². The van der Waals surface area contributed by atoms with Crippen LogP contribution < -0.4 is 5.73 Å². The minimum Gasteiger partial charge on any atom is -0.330 e. The highest BCUT2D eigenvalue weighted by atomic mass is 17.0. The van der Waals surface area contributed by atoms with E-state index in [9.17, 15) is 10.1 Å². The van der Waals surface area contributed by atoms with Gasteiger partial charge in [0.1, 0.15) is 6.10 Å². The second-order valence-corrected chi connectivity index (χ2v) is 7.77. The molecule has 5 atom stereocenters. The summed E-state index contributed by atoms with van der Waals surface area (Å²) < 4.78 is 0. The molecule has 0 heterocycles. The number of hydrogen-bond acceptors (Lipinski definition) is 4. The third kappa shape index (κ3) is 3.33. The smallest absolute Gasteiger partial charge is 0.294 e. The molecule has 2 saturated carbocycles.